The van der Waals surface area contributed by atoms with Gasteiger partial charge >= 0.3 is 6.61 Å². The van der Waals surface area contributed by atoms with Gasteiger partial charge in [0.25, 0.3) is 0 Å². The molecule has 0 aliphatic rings. The third kappa shape index (κ3) is 4.02. The van der Waals surface area contributed by atoms with Crippen molar-refractivity contribution in [1.29, 1.82) is 0 Å². The number of rotatable bonds is 5. The first-order chi connectivity index (χ1) is 14.0. The highest BCUT2D eigenvalue weighted by atomic mass is 35.5. The van der Waals surface area contributed by atoms with Crippen LogP contribution in [0.3, 0.4) is 0 Å². The molecule has 0 N–H and O–H groups in total. The van der Waals surface area contributed by atoms with Crippen LogP contribution in [0, 0.1) is 0 Å². The zero-order chi connectivity index (χ0) is 20.4. The molecule has 29 heavy (non-hydrogen) atoms. The number of alkyl halides is 2. The van der Waals surface area contributed by atoms with E-state index >= 15 is 0 Å². The zero-order valence-corrected chi connectivity index (χ0v) is 15.5. The monoisotopic (exact) mass is 414 g/mol. The van der Waals surface area contributed by atoms with Gasteiger partial charge in [-0.2, -0.15) is 19.0 Å². The highest BCUT2D eigenvalue weighted by Crippen LogP contribution is 2.22. The van der Waals surface area contributed by atoms with Crippen molar-refractivity contribution < 1.29 is 13.5 Å². The first-order valence-electron chi connectivity index (χ1n) is 8.47. The van der Waals surface area contributed by atoms with E-state index in [9.17, 15) is 13.6 Å². The van der Waals surface area contributed by atoms with Crippen LogP contribution in [0.1, 0.15) is 0 Å². The van der Waals surface area contributed by atoms with E-state index in [1.165, 1.54) is 29.1 Å². The Morgan fingerprint density at radius 2 is 1.79 bits per heavy atom. The highest BCUT2D eigenvalue weighted by molar-refractivity contribution is 6.30. The van der Waals surface area contributed by atoms with Crippen molar-refractivity contribution >= 4 is 11.6 Å². The normalized spacial score (nSPS) is 11.0. The van der Waals surface area contributed by atoms with Crippen LogP contribution in [-0.4, -0.2) is 26.2 Å². The van der Waals surface area contributed by atoms with Gasteiger partial charge in [0, 0.05) is 23.4 Å². The van der Waals surface area contributed by atoms with Gasteiger partial charge in [-0.3, -0.25) is 4.79 Å². The van der Waals surface area contributed by atoms with Crippen LogP contribution in [0.4, 0.5) is 8.78 Å². The smallest absolute Gasteiger partial charge is 0.387 e. The van der Waals surface area contributed by atoms with Gasteiger partial charge in [0.15, 0.2) is 5.69 Å². The molecule has 4 aromatic rings. The summed E-state index contributed by atoms with van der Waals surface area (Å²) < 4.78 is 32.4. The number of aromatic nitrogens is 4. The van der Waals surface area contributed by atoms with Gasteiger partial charge in [-0.1, -0.05) is 23.7 Å². The fourth-order valence-corrected chi connectivity index (χ4v) is 3.01. The summed E-state index contributed by atoms with van der Waals surface area (Å²) in [6.07, 6.45) is 3.00. The van der Waals surface area contributed by atoms with Crippen LogP contribution in [0.15, 0.2) is 77.9 Å². The van der Waals surface area contributed by atoms with Crippen molar-refractivity contribution in [3.8, 4) is 28.5 Å². The second-order valence-corrected chi connectivity index (χ2v) is 6.39. The van der Waals surface area contributed by atoms with E-state index in [2.05, 4.69) is 14.9 Å². The van der Waals surface area contributed by atoms with Gasteiger partial charge in [0.1, 0.15) is 5.75 Å². The molecule has 146 valence electrons. The molecule has 0 saturated heterocycles. The molecule has 2 aromatic heterocycles. The first kappa shape index (κ1) is 18.8. The van der Waals surface area contributed by atoms with Gasteiger partial charge in [-0.25, -0.2) is 9.36 Å². The van der Waals surface area contributed by atoms with Gasteiger partial charge < -0.3 is 4.74 Å². The average Bonchev–Trinajstić information content (AvgIpc) is 3.18. The standard InChI is InChI=1S/C20H13ClF2N4O2/c21-13-3-1-5-15(11-13)27-17(7-9-24-27)19-18(28)8-10-26(25-19)14-4-2-6-16(12-14)29-20(22)23/h1-12,20H. The lowest BCUT2D eigenvalue weighted by atomic mass is 10.2. The molecule has 0 atom stereocenters. The average molecular weight is 415 g/mol. The van der Waals surface area contributed by atoms with Crippen LogP contribution in [0.5, 0.6) is 5.75 Å². The van der Waals surface area contributed by atoms with Crippen LogP contribution < -0.4 is 10.2 Å². The molecule has 6 nitrogen and oxygen atoms in total. The van der Waals surface area contributed by atoms with Gasteiger partial charge in [-0.05, 0) is 36.4 Å². The van der Waals surface area contributed by atoms with Gasteiger partial charge in [0.2, 0.25) is 5.43 Å². The molecule has 2 heterocycles. The predicted molar refractivity (Wildman–Crippen MR) is 104 cm³/mol. The summed E-state index contributed by atoms with van der Waals surface area (Å²) in [5.41, 5.74) is 1.42. The van der Waals surface area contributed by atoms with Crippen molar-refractivity contribution in [2.24, 2.45) is 0 Å². The third-order valence-electron chi connectivity index (χ3n) is 4.05. The molecular weight excluding hydrogens is 402 g/mol. The number of benzene rings is 2. The maximum Gasteiger partial charge on any atom is 0.387 e. The summed E-state index contributed by atoms with van der Waals surface area (Å²) in [5.74, 6) is -0.0106. The minimum atomic E-state index is -2.94. The summed E-state index contributed by atoms with van der Waals surface area (Å²) in [7, 11) is 0. The zero-order valence-electron chi connectivity index (χ0n) is 14.7. The van der Waals surface area contributed by atoms with Crippen LogP contribution >= 0.6 is 11.6 Å². The topological polar surface area (TPSA) is 61.9 Å². The van der Waals surface area contributed by atoms with E-state index in [0.717, 1.165) is 0 Å². The summed E-state index contributed by atoms with van der Waals surface area (Å²) in [5, 5.41) is 9.17. The minimum Gasteiger partial charge on any atom is -0.435 e. The first-order valence-corrected chi connectivity index (χ1v) is 8.84. The van der Waals surface area contributed by atoms with E-state index in [1.54, 1.807) is 53.3 Å². The number of nitrogens with zero attached hydrogens (tertiary/aromatic N) is 4. The molecule has 0 bridgehead atoms. The Balaban J connectivity index is 1.79. The van der Waals surface area contributed by atoms with E-state index in [1.807, 2.05) is 0 Å². The molecular formula is C20H13ClF2N4O2. The van der Waals surface area contributed by atoms with Crippen molar-refractivity contribution in [1.82, 2.24) is 19.6 Å². The van der Waals surface area contributed by atoms with Crippen LogP contribution in [0.2, 0.25) is 5.02 Å². The maximum absolute atomic E-state index is 12.5. The van der Waals surface area contributed by atoms with E-state index < -0.39 is 6.61 Å². The number of halogens is 3. The fraction of sp³-hybridized carbons (Fsp3) is 0.0500. The SMILES string of the molecule is O=c1ccn(-c2cccc(OC(F)F)c2)nc1-c1ccnn1-c1cccc(Cl)c1. The van der Waals surface area contributed by atoms with Gasteiger partial charge in [0.05, 0.1) is 23.3 Å². The number of hydrogen-bond acceptors (Lipinski definition) is 4. The Hall–Kier alpha value is -3.52. The molecule has 0 amide bonds. The van der Waals surface area contributed by atoms with Gasteiger partial charge in [-0.15, -0.1) is 0 Å². The Morgan fingerprint density at radius 1 is 1.00 bits per heavy atom. The Bertz CT molecular complexity index is 1220. The van der Waals surface area contributed by atoms with Crippen LogP contribution in [-0.2, 0) is 0 Å². The molecule has 0 unspecified atom stereocenters. The van der Waals surface area contributed by atoms with E-state index in [0.29, 0.717) is 22.1 Å². The lowest BCUT2D eigenvalue weighted by Crippen LogP contribution is -2.15. The Kier molecular flexibility index (Phi) is 5.09. The maximum atomic E-state index is 12.5. The molecule has 0 spiro atoms. The molecule has 0 aliphatic heterocycles. The number of hydrogen-bond donors (Lipinski definition) is 0. The molecule has 4 rings (SSSR count). The van der Waals surface area contributed by atoms with Crippen molar-refractivity contribution in [3.63, 3.8) is 0 Å². The molecule has 2 aromatic carbocycles. The van der Waals surface area contributed by atoms with Crippen molar-refractivity contribution in [3.05, 3.63) is 88.3 Å². The summed E-state index contributed by atoms with van der Waals surface area (Å²) >= 11 is 6.06. The van der Waals surface area contributed by atoms with Crippen LogP contribution in [0.25, 0.3) is 22.8 Å². The summed E-state index contributed by atoms with van der Waals surface area (Å²) in [6, 6.07) is 16.1. The second-order valence-electron chi connectivity index (χ2n) is 5.96. The van der Waals surface area contributed by atoms with E-state index in [-0.39, 0.29) is 16.9 Å². The predicted octanol–water partition coefficient (Wildman–Crippen LogP) is 4.34. The molecule has 9 heteroatoms. The van der Waals surface area contributed by atoms with E-state index in [4.69, 9.17) is 11.6 Å². The summed E-state index contributed by atoms with van der Waals surface area (Å²) in [6.45, 7) is -2.94. The molecule has 0 saturated carbocycles. The Morgan fingerprint density at radius 3 is 2.59 bits per heavy atom. The molecule has 0 radical (unpaired) electrons. The van der Waals surface area contributed by atoms with Crippen molar-refractivity contribution in [2.75, 3.05) is 0 Å². The van der Waals surface area contributed by atoms with Crippen molar-refractivity contribution in [2.45, 2.75) is 6.61 Å². The molecule has 0 fully saturated rings. The highest BCUT2D eigenvalue weighted by Gasteiger charge is 2.14. The third-order valence-corrected chi connectivity index (χ3v) is 4.29. The lowest BCUT2D eigenvalue weighted by Gasteiger charge is -2.11. The quantitative estimate of drug-likeness (QED) is 0.487. The molecule has 0 aliphatic carbocycles. The largest absolute Gasteiger partial charge is 0.435 e. The Labute approximate surface area is 168 Å². The fourth-order valence-electron chi connectivity index (χ4n) is 2.83. The summed E-state index contributed by atoms with van der Waals surface area (Å²) in [4.78, 5) is 12.5. The number of ether oxygens (including phenoxy) is 1. The second kappa shape index (κ2) is 7.84. The lowest BCUT2D eigenvalue weighted by molar-refractivity contribution is -0.0498. The minimum absolute atomic E-state index is 0.0106.